The summed E-state index contributed by atoms with van der Waals surface area (Å²) >= 11 is 6.15. The zero-order valence-corrected chi connectivity index (χ0v) is 14.1. The van der Waals surface area contributed by atoms with Crippen molar-refractivity contribution in [3.05, 3.63) is 23.0 Å². The number of hydrogen-bond acceptors (Lipinski definition) is 5. The molecule has 0 amide bonds. The van der Waals surface area contributed by atoms with Gasteiger partial charge in [0.05, 0.1) is 26.6 Å². The highest BCUT2D eigenvalue weighted by Gasteiger charge is 2.09. The van der Waals surface area contributed by atoms with Gasteiger partial charge in [0.25, 0.3) is 0 Å². The predicted octanol–water partition coefficient (Wildman–Crippen LogP) is 4.27. The van der Waals surface area contributed by atoms with E-state index in [1.165, 1.54) is 23.2 Å². The minimum atomic E-state index is -0.323. The molecule has 0 atom stereocenters. The molecule has 1 rings (SSSR count). The first-order valence-corrected chi connectivity index (χ1v) is 8.86. The van der Waals surface area contributed by atoms with Crippen molar-refractivity contribution in [2.75, 3.05) is 25.5 Å². The lowest BCUT2D eigenvalue weighted by molar-refractivity contribution is 0.603. The molecule has 116 valence electrons. The third-order valence-electron chi connectivity index (χ3n) is 2.49. The van der Waals surface area contributed by atoms with Crippen LogP contribution in [0.3, 0.4) is 0 Å². The molecule has 4 nitrogen and oxygen atoms in total. The van der Waals surface area contributed by atoms with Crippen molar-refractivity contribution in [1.29, 1.82) is 0 Å². The number of hydrogen-bond donors (Lipinski definition) is 2. The Labute approximate surface area is 137 Å². The number of nitrogens with zero attached hydrogens (tertiary/aromatic N) is 2. The molecular weight excluding hydrogens is 331 g/mol. The van der Waals surface area contributed by atoms with Gasteiger partial charge in [-0.25, -0.2) is 4.39 Å². The second-order valence-electron chi connectivity index (χ2n) is 4.06. The molecule has 8 heteroatoms. The van der Waals surface area contributed by atoms with Crippen LogP contribution in [-0.4, -0.2) is 33.2 Å². The number of halogens is 2. The molecule has 0 unspecified atom stereocenters. The standard InChI is InChI=1S/C13H18ClFN4S2/c1-16-5-3-4-6-18-12-8-11(15)13(7-10(12)14)20-21-19-9-17-2/h7-9,16,18H,2-6H2,1H3/b19-9-. The summed E-state index contributed by atoms with van der Waals surface area (Å²) in [6, 6.07) is 3.01. The van der Waals surface area contributed by atoms with Crippen molar-refractivity contribution in [3.63, 3.8) is 0 Å². The lowest BCUT2D eigenvalue weighted by atomic mass is 10.2. The lowest BCUT2D eigenvalue weighted by Gasteiger charge is -2.10. The molecule has 0 spiro atoms. The Balaban J connectivity index is 2.53. The van der Waals surface area contributed by atoms with E-state index in [-0.39, 0.29) is 5.82 Å². The van der Waals surface area contributed by atoms with Gasteiger partial charge >= 0.3 is 0 Å². The Kier molecular flexibility index (Phi) is 9.49. The van der Waals surface area contributed by atoms with Crippen LogP contribution in [0.1, 0.15) is 12.8 Å². The first kappa shape index (κ1) is 18.3. The molecule has 0 aliphatic carbocycles. The summed E-state index contributed by atoms with van der Waals surface area (Å²) in [7, 11) is 4.21. The molecular formula is C13H18ClFN4S2. The molecule has 1 aromatic carbocycles. The molecule has 0 saturated heterocycles. The summed E-state index contributed by atoms with van der Waals surface area (Å²) in [5, 5.41) is 6.73. The third-order valence-corrected chi connectivity index (χ3v) is 4.57. The van der Waals surface area contributed by atoms with Crippen LogP contribution >= 0.6 is 33.4 Å². The van der Waals surface area contributed by atoms with Gasteiger partial charge in [-0.2, -0.15) is 4.40 Å². The van der Waals surface area contributed by atoms with Crippen LogP contribution in [0, 0.1) is 5.82 Å². The molecule has 0 radical (unpaired) electrons. The second kappa shape index (κ2) is 10.9. The lowest BCUT2D eigenvalue weighted by Crippen LogP contribution is -2.10. The minimum absolute atomic E-state index is 0.323. The molecule has 0 aromatic heterocycles. The predicted molar refractivity (Wildman–Crippen MR) is 94.5 cm³/mol. The fourth-order valence-corrected chi connectivity index (χ4v) is 3.19. The van der Waals surface area contributed by atoms with Crippen LogP contribution < -0.4 is 10.6 Å². The van der Waals surface area contributed by atoms with E-state index in [9.17, 15) is 4.39 Å². The van der Waals surface area contributed by atoms with E-state index >= 15 is 0 Å². The van der Waals surface area contributed by atoms with Crippen LogP contribution in [0.2, 0.25) is 5.02 Å². The first-order chi connectivity index (χ1) is 10.2. The van der Waals surface area contributed by atoms with Gasteiger partial charge in [0.1, 0.15) is 12.2 Å². The Morgan fingerprint density at radius 3 is 2.86 bits per heavy atom. The normalized spacial score (nSPS) is 11.0. The average Bonchev–Trinajstić information content (AvgIpc) is 2.47. The smallest absolute Gasteiger partial charge is 0.139 e. The minimum Gasteiger partial charge on any atom is -0.384 e. The van der Waals surface area contributed by atoms with Gasteiger partial charge in [-0.05, 0) is 56.1 Å². The third kappa shape index (κ3) is 7.17. The topological polar surface area (TPSA) is 48.8 Å². The van der Waals surface area contributed by atoms with Gasteiger partial charge in [0.15, 0.2) is 0 Å². The van der Waals surface area contributed by atoms with E-state index in [0.717, 1.165) is 36.9 Å². The summed E-state index contributed by atoms with van der Waals surface area (Å²) < 4.78 is 17.8. The highest BCUT2D eigenvalue weighted by molar-refractivity contribution is 8.76. The molecule has 0 aliphatic heterocycles. The van der Waals surface area contributed by atoms with Gasteiger partial charge in [-0.3, -0.25) is 4.99 Å². The summed E-state index contributed by atoms with van der Waals surface area (Å²) in [5.41, 5.74) is 0.615. The van der Waals surface area contributed by atoms with E-state index in [4.69, 9.17) is 11.6 Å². The molecule has 0 aliphatic rings. The maximum atomic E-state index is 13.9. The number of nitrogens with one attached hydrogen (secondary N) is 2. The Bertz CT molecular complexity index is 485. The highest BCUT2D eigenvalue weighted by atomic mass is 35.5. The van der Waals surface area contributed by atoms with Gasteiger partial charge in [-0.15, -0.1) is 0 Å². The maximum Gasteiger partial charge on any atom is 0.139 e. The number of unbranched alkanes of at least 4 members (excludes halogenated alkanes) is 1. The van der Waals surface area contributed by atoms with Crippen LogP contribution in [0.15, 0.2) is 26.4 Å². The van der Waals surface area contributed by atoms with Crippen LogP contribution in [0.4, 0.5) is 10.1 Å². The highest BCUT2D eigenvalue weighted by Crippen LogP contribution is 2.37. The van der Waals surface area contributed by atoms with Crippen molar-refractivity contribution in [2.24, 2.45) is 9.39 Å². The molecule has 1 aromatic rings. The molecule has 21 heavy (non-hydrogen) atoms. The SMILES string of the molecule is C=N/C=N\SSc1cc(Cl)c(NCCCCNC)cc1F. The van der Waals surface area contributed by atoms with E-state index in [1.807, 2.05) is 7.05 Å². The first-order valence-electron chi connectivity index (χ1n) is 6.38. The van der Waals surface area contributed by atoms with Crippen molar-refractivity contribution >= 4 is 52.1 Å². The van der Waals surface area contributed by atoms with Gasteiger partial charge in [0.2, 0.25) is 0 Å². The summed E-state index contributed by atoms with van der Waals surface area (Å²) in [4.78, 5) is 3.90. The van der Waals surface area contributed by atoms with Gasteiger partial charge < -0.3 is 10.6 Å². The van der Waals surface area contributed by atoms with E-state index in [2.05, 4.69) is 26.7 Å². The fourth-order valence-electron chi connectivity index (χ4n) is 1.49. The molecule has 0 saturated carbocycles. The van der Waals surface area contributed by atoms with Crippen LogP contribution in [-0.2, 0) is 0 Å². The van der Waals surface area contributed by atoms with Crippen molar-refractivity contribution < 1.29 is 4.39 Å². The summed E-state index contributed by atoms with van der Waals surface area (Å²) in [6.07, 6.45) is 3.36. The largest absolute Gasteiger partial charge is 0.384 e. The van der Waals surface area contributed by atoms with Crippen molar-refractivity contribution in [2.45, 2.75) is 17.7 Å². The Morgan fingerprint density at radius 1 is 1.38 bits per heavy atom. The Morgan fingerprint density at radius 2 is 2.14 bits per heavy atom. The summed E-state index contributed by atoms with van der Waals surface area (Å²) in [6.45, 7) is 5.00. The van der Waals surface area contributed by atoms with E-state index < -0.39 is 0 Å². The quantitative estimate of drug-likeness (QED) is 0.218. The molecule has 0 bridgehead atoms. The number of anilines is 1. The number of aliphatic imine (C=N–C) groups is 1. The molecule has 0 heterocycles. The second-order valence-corrected chi connectivity index (χ2v) is 6.38. The zero-order chi connectivity index (χ0) is 15.5. The maximum absolute atomic E-state index is 13.9. The summed E-state index contributed by atoms with van der Waals surface area (Å²) in [5.74, 6) is -0.323. The molecule has 2 N–H and O–H groups in total. The van der Waals surface area contributed by atoms with Crippen LogP contribution in [0.5, 0.6) is 0 Å². The monoisotopic (exact) mass is 348 g/mol. The van der Waals surface area contributed by atoms with E-state index in [1.54, 1.807) is 6.07 Å². The van der Waals surface area contributed by atoms with Gasteiger partial charge in [0, 0.05) is 6.54 Å². The van der Waals surface area contributed by atoms with Crippen LogP contribution in [0.25, 0.3) is 0 Å². The zero-order valence-electron chi connectivity index (χ0n) is 11.7. The van der Waals surface area contributed by atoms with Crippen molar-refractivity contribution in [1.82, 2.24) is 5.32 Å². The van der Waals surface area contributed by atoms with Crippen molar-refractivity contribution in [3.8, 4) is 0 Å². The van der Waals surface area contributed by atoms with Gasteiger partial charge in [-0.1, -0.05) is 11.6 Å². The number of benzene rings is 1. The molecule has 0 fully saturated rings. The number of rotatable bonds is 10. The average molecular weight is 349 g/mol. The Hall–Kier alpha value is -0.760. The fraction of sp³-hybridized carbons (Fsp3) is 0.385. The van der Waals surface area contributed by atoms with E-state index in [0.29, 0.717) is 15.6 Å².